The number of amides is 1. The second-order valence-corrected chi connectivity index (χ2v) is 8.59. The third kappa shape index (κ3) is 4.63. The van der Waals surface area contributed by atoms with E-state index in [-0.39, 0.29) is 5.56 Å². The molecule has 2 aromatic carbocycles. The number of halogens is 1. The first kappa shape index (κ1) is 21.7. The number of H-pyrrole nitrogens is 1. The lowest BCUT2D eigenvalue weighted by Crippen LogP contribution is -2.24. The molecular formula is C25H16ClN5O2S. The average Bonchev–Trinajstić information content (AvgIpc) is 3.36. The van der Waals surface area contributed by atoms with Crippen molar-refractivity contribution in [2.24, 2.45) is 0 Å². The van der Waals surface area contributed by atoms with Crippen LogP contribution in [-0.4, -0.2) is 25.8 Å². The van der Waals surface area contributed by atoms with E-state index >= 15 is 0 Å². The SMILES string of the molecule is O=C(Nc1cccc(-c2csc(-c3cccnc3)n2)c1)c1cnc(-c2ccc(Cl)cc2)[nH]c1=O. The molecule has 34 heavy (non-hydrogen) atoms. The van der Waals surface area contributed by atoms with Crippen molar-refractivity contribution >= 4 is 34.5 Å². The summed E-state index contributed by atoms with van der Waals surface area (Å²) in [7, 11) is 0. The van der Waals surface area contributed by atoms with Crippen LogP contribution in [0.3, 0.4) is 0 Å². The predicted octanol–water partition coefficient (Wildman–Crippen LogP) is 5.53. The van der Waals surface area contributed by atoms with Gasteiger partial charge in [-0.3, -0.25) is 14.6 Å². The Labute approximate surface area is 203 Å². The number of rotatable bonds is 5. The fraction of sp³-hybridized carbons (Fsp3) is 0. The maximum Gasteiger partial charge on any atom is 0.264 e. The highest BCUT2D eigenvalue weighted by Gasteiger charge is 2.14. The molecule has 9 heteroatoms. The fourth-order valence-electron chi connectivity index (χ4n) is 3.29. The Morgan fingerprint density at radius 2 is 1.79 bits per heavy atom. The zero-order chi connectivity index (χ0) is 23.5. The number of aromatic amines is 1. The van der Waals surface area contributed by atoms with Crippen LogP contribution in [-0.2, 0) is 0 Å². The Morgan fingerprint density at radius 1 is 0.971 bits per heavy atom. The number of aromatic nitrogens is 4. The lowest BCUT2D eigenvalue weighted by molar-refractivity contribution is 0.102. The number of thiazole rings is 1. The number of nitrogens with zero attached hydrogens (tertiary/aromatic N) is 3. The van der Waals surface area contributed by atoms with Crippen LogP contribution >= 0.6 is 22.9 Å². The average molecular weight is 486 g/mol. The highest BCUT2D eigenvalue weighted by atomic mass is 35.5. The Hall–Kier alpha value is -4.14. The van der Waals surface area contributed by atoms with Crippen molar-refractivity contribution in [3.8, 4) is 33.2 Å². The van der Waals surface area contributed by atoms with Crippen LogP contribution in [0.15, 0.2) is 89.4 Å². The second-order valence-electron chi connectivity index (χ2n) is 7.30. The van der Waals surface area contributed by atoms with E-state index < -0.39 is 11.5 Å². The molecule has 166 valence electrons. The molecule has 0 fully saturated rings. The molecule has 0 saturated carbocycles. The van der Waals surface area contributed by atoms with E-state index in [1.165, 1.54) is 17.5 Å². The summed E-state index contributed by atoms with van der Waals surface area (Å²) < 4.78 is 0. The van der Waals surface area contributed by atoms with Crippen LogP contribution in [0.5, 0.6) is 0 Å². The Kier molecular flexibility index (Phi) is 5.99. The van der Waals surface area contributed by atoms with Crippen LogP contribution in [0.4, 0.5) is 5.69 Å². The minimum atomic E-state index is -0.553. The molecule has 5 rings (SSSR count). The van der Waals surface area contributed by atoms with E-state index in [2.05, 4.69) is 25.3 Å². The normalized spacial score (nSPS) is 10.7. The van der Waals surface area contributed by atoms with Crippen molar-refractivity contribution in [3.05, 3.63) is 106 Å². The highest BCUT2D eigenvalue weighted by molar-refractivity contribution is 7.13. The van der Waals surface area contributed by atoms with Gasteiger partial charge in [0.05, 0.1) is 5.69 Å². The fourth-order valence-corrected chi connectivity index (χ4v) is 4.24. The van der Waals surface area contributed by atoms with E-state index in [1.807, 2.05) is 35.7 Å². The summed E-state index contributed by atoms with van der Waals surface area (Å²) in [5, 5.41) is 6.15. The molecule has 0 spiro atoms. The zero-order valence-electron chi connectivity index (χ0n) is 17.5. The Bertz CT molecular complexity index is 1530. The van der Waals surface area contributed by atoms with Gasteiger partial charge in [-0.1, -0.05) is 23.7 Å². The Morgan fingerprint density at radius 3 is 2.56 bits per heavy atom. The number of nitrogens with one attached hydrogen (secondary N) is 2. The van der Waals surface area contributed by atoms with Crippen LogP contribution in [0.2, 0.25) is 5.02 Å². The summed E-state index contributed by atoms with van der Waals surface area (Å²) in [6.45, 7) is 0. The highest BCUT2D eigenvalue weighted by Crippen LogP contribution is 2.29. The van der Waals surface area contributed by atoms with E-state index in [0.29, 0.717) is 22.1 Å². The summed E-state index contributed by atoms with van der Waals surface area (Å²) in [5.41, 5.74) is 3.18. The number of carbonyl (C=O) groups is 1. The second kappa shape index (κ2) is 9.38. The van der Waals surface area contributed by atoms with Gasteiger partial charge in [0.15, 0.2) is 0 Å². The molecule has 0 aliphatic rings. The standard InChI is InChI=1S/C25H16ClN5O2S/c26-18-8-6-15(7-9-18)22-28-13-20(24(33)31-22)23(32)29-19-5-1-3-16(11-19)21-14-34-25(30-21)17-4-2-10-27-12-17/h1-14H,(H,29,32)(H,28,31,33). The number of carbonyl (C=O) groups excluding carboxylic acids is 1. The minimum Gasteiger partial charge on any atom is -0.322 e. The molecule has 0 bridgehead atoms. The molecule has 1 amide bonds. The first-order valence-electron chi connectivity index (χ1n) is 10.2. The molecule has 5 aromatic rings. The maximum absolute atomic E-state index is 12.8. The summed E-state index contributed by atoms with van der Waals surface area (Å²) >= 11 is 7.42. The largest absolute Gasteiger partial charge is 0.322 e. The first-order valence-corrected chi connectivity index (χ1v) is 11.5. The van der Waals surface area contributed by atoms with Gasteiger partial charge in [-0.05, 0) is 48.5 Å². The van der Waals surface area contributed by atoms with Crippen LogP contribution in [0.1, 0.15) is 10.4 Å². The third-order valence-electron chi connectivity index (χ3n) is 4.99. The topological polar surface area (TPSA) is 101 Å². The smallest absolute Gasteiger partial charge is 0.264 e. The van der Waals surface area contributed by atoms with Gasteiger partial charge in [-0.15, -0.1) is 11.3 Å². The predicted molar refractivity (Wildman–Crippen MR) is 134 cm³/mol. The summed E-state index contributed by atoms with van der Waals surface area (Å²) in [4.78, 5) is 41.0. The molecule has 0 unspecified atom stereocenters. The van der Waals surface area contributed by atoms with Gasteiger partial charge < -0.3 is 10.3 Å². The molecule has 0 aliphatic carbocycles. The van der Waals surface area contributed by atoms with Crippen LogP contribution < -0.4 is 10.9 Å². The van der Waals surface area contributed by atoms with E-state index in [0.717, 1.165) is 21.8 Å². The molecule has 7 nitrogen and oxygen atoms in total. The van der Waals surface area contributed by atoms with Crippen molar-refractivity contribution in [1.82, 2.24) is 19.9 Å². The van der Waals surface area contributed by atoms with Crippen molar-refractivity contribution in [3.63, 3.8) is 0 Å². The molecule has 3 aromatic heterocycles. The molecular weight excluding hydrogens is 470 g/mol. The summed E-state index contributed by atoms with van der Waals surface area (Å²) in [6.07, 6.45) is 4.75. The van der Waals surface area contributed by atoms with Gasteiger partial charge in [0.1, 0.15) is 16.4 Å². The van der Waals surface area contributed by atoms with Gasteiger partial charge >= 0.3 is 0 Å². The van der Waals surface area contributed by atoms with Crippen molar-refractivity contribution < 1.29 is 4.79 Å². The molecule has 0 atom stereocenters. The molecule has 3 heterocycles. The van der Waals surface area contributed by atoms with Gasteiger partial charge in [0.25, 0.3) is 11.5 Å². The third-order valence-corrected chi connectivity index (χ3v) is 6.13. The summed E-state index contributed by atoms with van der Waals surface area (Å²) in [6, 6.07) is 18.0. The van der Waals surface area contributed by atoms with Gasteiger partial charge in [-0.2, -0.15) is 0 Å². The number of hydrogen-bond donors (Lipinski definition) is 2. The first-order chi connectivity index (χ1) is 16.6. The van der Waals surface area contributed by atoms with Crippen LogP contribution in [0.25, 0.3) is 33.2 Å². The molecule has 0 aliphatic heterocycles. The minimum absolute atomic E-state index is 0.0874. The lowest BCUT2D eigenvalue weighted by Gasteiger charge is -2.07. The van der Waals surface area contributed by atoms with E-state index in [1.54, 1.807) is 42.7 Å². The molecule has 0 saturated heterocycles. The van der Waals surface area contributed by atoms with Crippen LogP contribution in [0, 0.1) is 0 Å². The zero-order valence-corrected chi connectivity index (χ0v) is 19.1. The molecule has 0 radical (unpaired) electrons. The van der Waals surface area contributed by atoms with Gasteiger partial charge in [-0.25, -0.2) is 9.97 Å². The maximum atomic E-state index is 12.8. The monoisotopic (exact) mass is 485 g/mol. The number of benzene rings is 2. The van der Waals surface area contributed by atoms with Crippen molar-refractivity contribution in [2.75, 3.05) is 5.32 Å². The lowest BCUT2D eigenvalue weighted by atomic mass is 10.1. The van der Waals surface area contributed by atoms with Crippen molar-refractivity contribution in [1.29, 1.82) is 0 Å². The number of anilines is 1. The van der Waals surface area contributed by atoms with E-state index in [4.69, 9.17) is 11.6 Å². The molecule has 2 N–H and O–H groups in total. The number of hydrogen-bond acceptors (Lipinski definition) is 6. The van der Waals surface area contributed by atoms with Gasteiger partial charge in [0.2, 0.25) is 0 Å². The van der Waals surface area contributed by atoms with Gasteiger partial charge in [0, 0.05) is 51.4 Å². The Balaban J connectivity index is 1.35. The van der Waals surface area contributed by atoms with Crippen molar-refractivity contribution in [2.45, 2.75) is 0 Å². The quantitative estimate of drug-likeness (QED) is 0.341. The summed E-state index contributed by atoms with van der Waals surface area (Å²) in [5.74, 6) is -0.198. The van der Waals surface area contributed by atoms with E-state index in [9.17, 15) is 9.59 Å². The number of pyridine rings is 1.